The minimum absolute atomic E-state index is 0.169. The standard InChI is InChI=1S/C10H18N2O2/c1-3-5-6-7(4-2)8-9(13)12-10(14)11-8/h7-8H,3-6H2,1-2H3,(H2,11,12,13,14)/t7-,8+/m0/s1. The van der Waals surface area contributed by atoms with Crippen molar-refractivity contribution in [2.24, 2.45) is 5.92 Å². The van der Waals surface area contributed by atoms with Crippen LogP contribution < -0.4 is 10.6 Å². The third-order valence-corrected chi connectivity index (χ3v) is 2.73. The van der Waals surface area contributed by atoms with Gasteiger partial charge in [0.15, 0.2) is 0 Å². The predicted molar refractivity (Wildman–Crippen MR) is 53.8 cm³/mol. The van der Waals surface area contributed by atoms with Crippen molar-refractivity contribution in [2.45, 2.75) is 45.6 Å². The van der Waals surface area contributed by atoms with E-state index in [1.54, 1.807) is 0 Å². The molecule has 0 bridgehead atoms. The second kappa shape index (κ2) is 4.98. The van der Waals surface area contributed by atoms with Gasteiger partial charge in [-0.15, -0.1) is 0 Å². The number of hydrogen-bond acceptors (Lipinski definition) is 2. The van der Waals surface area contributed by atoms with Crippen molar-refractivity contribution < 1.29 is 9.59 Å². The van der Waals surface area contributed by atoms with E-state index in [1.807, 2.05) is 0 Å². The molecule has 1 saturated heterocycles. The molecular weight excluding hydrogens is 180 g/mol. The summed E-state index contributed by atoms with van der Waals surface area (Å²) in [6.45, 7) is 4.18. The quantitative estimate of drug-likeness (QED) is 0.656. The van der Waals surface area contributed by atoms with Crippen LogP contribution in [0.25, 0.3) is 0 Å². The molecule has 1 heterocycles. The molecule has 1 fully saturated rings. The Morgan fingerprint density at radius 3 is 2.50 bits per heavy atom. The number of carbonyl (C=O) groups excluding carboxylic acids is 2. The van der Waals surface area contributed by atoms with E-state index in [-0.39, 0.29) is 23.9 Å². The van der Waals surface area contributed by atoms with Crippen LogP contribution in [0.15, 0.2) is 0 Å². The topological polar surface area (TPSA) is 58.2 Å². The molecule has 1 aliphatic rings. The smallest absolute Gasteiger partial charge is 0.322 e. The molecule has 4 heteroatoms. The first-order chi connectivity index (χ1) is 6.69. The molecule has 0 aromatic rings. The van der Waals surface area contributed by atoms with E-state index in [1.165, 1.54) is 0 Å². The molecule has 0 aliphatic carbocycles. The predicted octanol–water partition coefficient (Wildman–Crippen LogP) is 1.41. The normalized spacial score (nSPS) is 23.1. The van der Waals surface area contributed by atoms with Gasteiger partial charge in [0, 0.05) is 0 Å². The van der Waals surface area contributed by atoms with Crippen molar-refractivity contribution >= 4 is 11.9 Å². The molecule has 0 spiro atoms. The largest absolute Gasteiger partial charge is 0.326 e. The van der Waals surface area contributed by atoms with E-state index in [4.69, 9.17) is 0 Å². The van der Waals surface area contributed by atoms with Crippen molar-refractivity contribution in [3.63, 3.8) is 0 Å². The van der Waals surface area contributed by atoms with Gasteiger partial charge < -0.3 is 5.32 Å². The third-order valence-electron chi connectivity index (χ3n) is 2.73. The summed E-state index contributed by atoms with van der Waals surface area (Å²) in [5.41, 5.74) is 0. The van der Waals surface area contributed by atoms with Crippen LogP contribution in [-0.4, -0.2) is 18.0 Å². The lowest BCUT2D eigenvalue weighted by Gasteiger charge is -2.19. The number of nitrogens with one attached hydrogen (secondary N) is 2. The van der Waals surface area contributed by atoms with Crippen LogP contribution in [0, 0.1) is 5.92 Å². The summed E-state index contributed by atoms with van der Waals surface area (Å²) < 4.78 is 0. The van der Waals surface area contributed by atoms with E-state index in [0.29, 0.717) is 0 Å². The SMILES string of the molecule is CCCC[C@H](CC)[C@H]1NC(=O)NC1=O. The second-order valence-electron chi connectivity index (χ2n) is 3.75. The minimum Gasteiger partial charge on any atom is -0.326 e. The summed E-state index contributed by atoms with van der Waals surface area (Å²) in [5.74, 6) is 0.111. The van der Waals surface area contributed by atoms with Crippen molar-refractivity contribution in [3.05, 3.63) is 0 Å². The Labute approximate surface area is 84.4 Å². The van der Waals surface area contributed by atoms with Gasteiger partial charge in [-0.3, -0.25) is 10.1 Å². The zero-order valence-electron chi connectivity index (χ0n) is 8.80. The maximum atomic E-state index is 11.4. The molecule has 14 heavy (non-hydrogen) atoms. The van der Waals surface area contributed by atoms with E-state index in [9.17, 15) is 9.59 Å². The summed E-state index contributed by atoms with van der Waals surface area (Å²) in [7, 11) is 0. The van der Waals surface area contributed by atoms with Gasteiger partial charge in [-0.1, -0.05) is 33.1 Å². The van der Waals surface area contributed by atoms with Crippen LogP contribution in [0.4, 0.5) is 4.79 Å². The van der Waals surface area contributed by atoms with Crippen LogP contribution in [0.5, 0.6) is 0 Å². The first-order valence-electron chi connectivity index (χ1n) is 5.30. The molecule has 80 valence electrons. The lowest BCUT2D eigenvalue weighted by Crippen LogP contribution is -2.36. The lowest BCUT2D eigenvalue weighted by molar-refractivity contribution is -0.121. The molecule has 2 atom stereocenters. The van der Waals surface area contributed by atoms with Crippen LogP contribution in [-0.2, 0) is 4.79 Å². The molecular formula is C10H18N2O2. The fraction of sp³-hybridized carbons (Fsp3) is 0.800. The van der Waals surface area contributed by atoms with E-state index in [2.05, 4.69) is 24.5 Å². The number of amides is 3. The number of urea groups is 1. The molecule has 0 saturated carbocycles. The Kier molecular flexibility index (Phi) is 3.92. The molecule has 3 amide bonds. The van der Waals surface area contributed by atoms with Crippen molar-refractivity contribution in [3.8, 4) is 0 Å². The van der Waals surface area contributed by atoms with Crippen LogP contribution in [0.3, 0.4) is 0 Å². The monoisotopic (exact) mass is 198 g/mol. The molecule has 2 N–H and O–H groups in total. The first-order valence-corrected chi connectivity index (χ1v) is 5.30. The number of carbonyl (C=O) groups is 2. The highest BCUT2D eigenvalue weighted by Crippen LogP contribution is 2.18. The van der Waals surface area contributed by atoms with Gasteiger partial charge in [0.05, 0.1) is 0 Å². The van der Waals surface area contributed by atoms with Crippen LogP contribution >= 0.6 is 0 Å². The summed E-state index contributed by atoms with van der Waals surface area (Å²) in [6, 6.07) is -0.658. The van der Waals surface area contributed by atoms with Crippen LogP contribution in [0.1, 0.15) is 39.5 Å². The maximum absolute atomic E-state index is 11.4. The van der Waals surface area contributed by atoms with Crippen molar-refractivity contribution in [1.82, 2.24) is 10.6 Å². The zero-order valence-corrected chi connectivity index (χ0v) is 8.80. The van der Waals surface area contributed by atoms with Gasteiger partial charge in [0.2, 0.25) is 0 Å². The van der Waals surface area contributed by atoms with Gasteiger partial charge in [0.25, 0.3) is 5.91 Å². The molecule has 0 radical (unpaired) electrons. The summed E-state index contributed by atoms with van der Waals surface area (Å²) in [6.07, 6.45) is 4.17. The average molecular weight is 198 g/mol. The molecule has 0 aromatic heterocycles. The summed E-state index contributed by atoms with van der Waals surface area (Å²) >= 11 is 0. The average Bonchev–Trinajstić information content (AvgIpc) is 2.47. The molecule has 0 unspecified atom stereocenters. The molecule has 1 rings (SSSR count). The van der Waals surface area contributed by atoms with Crippen LogP contribution in [0.2, 0.25) is 0 Å². The third kappa shape index (κ3) is 2.47. The summed E-state index contributed by atoms with van der Waals surface area (Å²) in [4.78, 5) is 22.3. The van der Waals surface area contributed by atoms with Gasteiger partial charge in [-0.2, -0.15) is 0 Å². The highest BCUT2D eigenvalue weighted by atomic mass is 16.2. The molecule has 4 nitrogen and oxygen atoms in total. The Hall–Kier alpha value is -1.06. The second-order valence-corrected chi connectivity index (χ2v) is 3.75. The van der Waals surface area contributed by atoms with E-state index < -0.39 is 0 Å². The Bertz CT molecular complexity index is 228. The lowest BCUT2D eigenvalue weighted by atomic mass is 9.91. The number of imide groups is 1. The highest BCUT2D eigenvalue weighted by Gasteiger charge is 2.34. The maximum Gasteiger partial charge on any atom is 0.322 e. The van der Waals surface area contributed by atoms with Crippen molar-refractivity contribution in [1.29, 1.82) is 0 Å². The van der Waals surface area contributed by atoms with Crippen molar-refractivity contribution in [2.75, 3.05) is 0 Å². The van der Waals surface area contributed by atoms with Gasteiger partial charge in [-0.25, -0.2) is 4.79 Å². The minimum atomic E-state index is -0.352. The molecule has 0 aromatic carbocycles. The fourth-order valence-corrected chi connectivity index (χ4v) is 1.84. The van der Waals surface area contributed by atoms with E-state index in [0.717, 1.165) is 25.7 Å². The fourth-order valence-electron chi connectivity index (χ4n) is 1.84. The first kappa shape index (κ1) is 11.0. The molecule has 1 aliphatic heterocycles. The van der Waals surface area contributed by atoms with E-state index >= 15 is 0 Å². The van der Waals surface area contributed by atoms with Gasteiger partial charge >= 0.3 is 6.03 Å². The number of unbranched alkanes of at least 4 members (excludes halogenated alkanes) is 1. The summed E-state index contributed by atoms with van der Waals surface area (Å²) in [5, 5.41) is 4.93. The van der Waals surface area contributed by atoms with Gasteiger partial charge in [0.1, 0.15) is 6.04 Å². The highest BCUT2D eigenvalue weighted by molar-refractivity contribution is 6.04. The zero-order chi connectivity index (χ0) is 10.6. The number of hydrogen-bond donors (Lipinski definition) is 2. The number of rotatable bonds is 5. The Balaban J connectivity index is 2.51. The Morgan fingerprint density at radius 1 is 1.36 bits per heavy atom. The Morgan fingerprint density at radius 2 is 2.07 bits per heavy atom. The van der Waals surface area contributed by atoms with Gasteiger partial charge in [-0.05, 0) is 12.3 Å².